The fourth-order valence-electron chi connectivity index (χ4n) is 1.51. The van der Waals surface area contributed by atoms with Crippen LogP contribution in [0.4, 0.5) is 0 Å². The minimum Gasteiger partial charge on any atom is -0.465 e. The van der Waals surface area contributed by atoms with E-state index in [1.54, 1.807) is 13.1 Å². The molecule has 18 heavy (non-hydrogen) atoms. The lowest BCUT2D eigenvalue weighted by Gasteiger charge is -2.19. The lowest BCUT2D eigenvalue weighted by atomic mass is 10.3. The molecule has 0 radical (unpaired) electrons. The number of carbonyl (C=O) groups excluding carboxylic acids is 1. The summed E-state index contributed by atoms with van der Waals surface area (Å²) in [5, 5.41) is 0. The quantitative estimate of drug-likeness (QED) is 0.745. The number of rotatable bonds is 7. The van der Waals surface area contributed by atoms with E-state index >= 15 is 0 Å². The first kappa shape index (κ1) is 16.8. The summed E-state index contributed by atoms with van der Waals surface area (Å²) in [5.41, 5.74) is 6.44. The van der Waals surface area contributed by atoms with Gasteiger partial charge in [0.25, 0.3) is 0 Å². The van der Waals surface area contributed by atoms with Crippen molar-refractivity contribution in [2.45, 2.75) is 13.5 Å². The van der Waals surface area contributed by atoms with Crippen molar-refractivity contribution in [3.8, 4) is 0 Å². The summed E-state index contributed by atoms with van der Waals surface area (Å²) in [4.78, 5) is 17.5. The van der Waals surface area contributed by atoms with Crippen molar-refractivity contribution in [1.29, 1.82) is 0 Å². The van der Waals surface area contributed by atoms with Crippen molar-refractivity contribution in [2.75, 3.05) is 26.2 Å². The summed E-state index contributed by atoms with van der Waals surface area (Å²) in [5.74, 6) is -0.225. The molecule has 1 aromatic heterocycles. The molecule has 1 aromatic rings. The summed E-state index contributed by atoms with van der Waals surface area (Å²) in [7, 11) is 0. The van der Waals surface area contributed by atoms with E-state index in [0.717, 1.165) is 5.69 Å². The Bertz CT molecular complexity index is 335. The van der Waals surface area contributed by atoms with Gasteiger partial charge in [-0.1, -0.05) is 6.07 Å². The van der Waals surface area contributed by atoms with Crippen molar-refractivity contribution in [3.63, 3.8) is 0 Å². The monoisotopic (exact) mass is 273 g/mol. The maximum absolute atomic E-state index is 11.4. The minimum absolute atomic E-state index is 0. The van der Waals surface area contributed by atoms with Crippen LogP contribution < -0.4 is 5.73 Å². The third-order valence-corrected chi connectivity index (χ3v) is 2.22. The van der Waals surface area contributed by atoms with Crippen molar-refractivity contribution in [1.82, 2.24) is 9.88 Å². The van der Waals surface area contributed by atoms with Crippen LogP contribution in [0.25, 0.3) is 0 Å². The van der Waals surface area contributed by atoms with Gasteiger partial charge in [-0.05, 0) is 19.1 Å². The van der Waals surface area contributed by atoms with E-state index in [2.05, 4.69) is 4.98 Å². The van der Waals surface area contributed by atoms with Gasteiger partial charge in [-0.25, -0.2) is 0 Å². The van der Waals surface area contributed by atoms with Gasteiger partial charge in [0.2, 0.25) is 0 Å². The van der Waals surface area contributed by atoms with E-state index in [-0.39, 0.29) is 24.9 Å². The van der Waals surface area contributed by atoms with Crippen molar-refractivity contribution < 1.29 is 9.53 Å². The van der Waals surface area contributed by atoms with E-state index in [1.807, 2.05) is 23.1 Å². The van der Waals surface area contributed by atoms with Gasteiger partial charge in [0, 0.05) is 25.8 Å². The SMILES string of the molecule is CCOC(=O)CN(CCN)Cc1ccccn1.Cl. The van der Waals surface area contributed by atoms with Crippen LogP contribution in [0.2, 0.25) is 0 Å². The first-order chi connectivity index (χ1) is 8.26. The number of nitrogens with two attached hydrogens (primary N) is 1. The number of ether oxygens (including phenoxy) is 1. The number of halogens is 1. The second kappa shape index (κ2) is 9.82. The largest absolute Gasteiger partial charge is 0.465 e. The lowest BCUT2D eigenvalue weighted by Crippen LogP contribution is -2.34. The maximum Gasteiger partial charge on any atom is 0.320 e. The molecule has 1 rings (SSSR count). The first-order valence-electron chi connectivity index (χ1n) is 5.74. The highest BCUT2D eigenvalue weighted by Gasteiger charge is 2.11. The Morgan fingerprint density at radius 3 is 2.83 bits per heavy atom. The number of nitrogens with zero attached hydrogens (tertiary/aromatic N) is 2. The van der Waals surface area contributed by atoms with Crippen LogP contribution in [0.1, 0.15) is 12.6 Å². The minimum atomic E-state index is -0.225. The lowest BCUT2D eigenvalue weighted by molar-refractivity contribution is -0.144. The summed E-state index contributed by atoms with van der Waals surface area (Å²) in [6, 6.07) is 5.71. The normalized spacial score (nSPS) is 9.94. The molecule has 0 aromatic carbocycles. The molecule has 0 fully saturated rings. The highest BCUT2D eigenvalue weighted by molar-refractivity contribution is 5.85. The van der Waals surface area contributed by atoms with Crippen LogP contribution in [0, 0.1) is 0 Å². The van der Waals surface area contributed by atoms with Crippen LogP contribution >= 0.6 is 12.4 Å². The highest BCUT2D eigenvalue weighted by atomic mass is 35.5. The zero-order valence-corrected chi connectivity index (χ0v) is 11.4. The summed E-state index contributed by atoms with van der Waals surface area (Å²) in [6.45, 7) is 4.21. The van der Waals surface area contributed by atoms with E-state index < -0.39 is 0 Å². The average Bonchev–Trinajstić information content (AvgIpc) is 2.31. The molecule has 0 unspecified atom stereocenters. The second-order valence-corrected chi connectivity index (χ2v) is 3.63. The number of esters is 1. The molecular formula is C12H20ClN3O2. The predicted molar refractivity (Wildman–Crippen MR) is 72.4 cm³/mol. The third kappa shape index (κ3) is 6.54. The Balaban J connectivity index is 0.00000289. The molecular weight excluding hydrogens is 254 g/mol. The summed E-state index contributed by atoms with van der Waals surface area (Å²) < 4.78 is 4.91. The van der Waals surface area contributed by atoms with Crippen LogP contribution in [0.15, 0.2) is 24.4 Å². The Hall–Kier alpha value is -1.17. The van der Waals surface area contributed by atoms with Gasteiger partial charge in [-0.2, -0.15) is 0 Å². The van der Waals surface area contributed by atoms with E-state index in [0.29, 0.717) is 26.2 Å². The topological polar surface area (TPSA) is 68.5 Å². The van der Waals surface area contributed by atoms with Gasteiger partial charge in [-0.3, -0.25) is 14.7 Å². The van der Waals surface area contributed by atoms with Crippen LogP contribution in [-0.4, -0.2) is 42.1 Å². The van der Waals surface area contributed by atoms with Gasteiger partial charge in [0.15, 0.2) is 0 Å². The van der Waals surface area contributed by atoms with E-state index in [1.165, 1.54) is 0 Å². The smallest absolute Gasteiger partial charge is 0.320 e. The zero-order valence-electron chi connectivity index (χ0n) is 10.5. The van der Waals surface area contributed by atoms with E-state index in [9.17, 15) is 4.79 Å². The number of pyridine rings is 1. The average molecular weight is 274 g/mol. The fourth-order valence-corrected chi connectivity index (χ4v) is 1.51. The predicted octanol–water partition coefficient (Wildman–Crippen LogP) is 0.827. The standard InChI is InChI=1S/C12H19N3O2.ClH/c1-2-17-12(16)10-15(8-6-13)9-11-5-3-4-7-14-11;/h3-5,7H,2,6,8-10,13H2,1H3;1H. The molecule has 0 bridgehead atoms. The third-order valence-electron chi connectivity index (χ3n) is 2.22. The van der Waals surface area contributed by atoms with Gasteiger partial charge in [0.05, 0.1) is 18.8 Å². The van der Waals surface area contributed by atoms with Gasteiger partial charge >= 0.3 is 5.97 Å². The molecule has 5 nitrogen and oxygen atoms in total. The molecule has 0 atom stereocenters. The number of hydrogen-bond acceptors (Lipinski definition) is 5. The van der Waals surface area contributed by atoms with Gasteiger partial charge < -0.3 is 10.5 Å². The van der Waals surface area contributed by atoms with Gasteiger partial charge in [0.1, 0.15) is 0 Å². The number of carbonyl (C=O) groups is 1. The van der Waals surface area contributed by atoms with Crippen LogP contribution in [0.3, 0.4) is 0 Å². The fraction of sp³-hybridized carbons (Fsp3) is 0.500. The molecule has 1 heterocycles. The molecule has 0 saturated carbocycles. The Morgan fingerprint density at radius 2 is 2.28 bits per heavy atom. The molecule has 0 saturated heterocycles. The Morgan fingerprint density at radius 1 is 1.50 bits per heavy atom. The van der Waals surface area contributed by atoms with Crippen molar-refractivity contribution >= 4 is 18.4 Å². The van der Waals surface area contributed by atoms with E-state index in [4.69, 9.17) is 10.5 Å². The second-order valence-electron chi connectivity index (χ2n) is 3.63. The Labute approximate surface area is 114 Å². The summed E-state index contributed by atoms with van der Waals surface area (Å²) >= 11 is 0. The van der Waals surface area contributed by atoms with Crippen molar-refractivity contribution in [3.05, 3.63) is 30.1 Å². The first-order valence-corrected chi connectivity index (χ1v) is 5.74. The highest BCUT2D eigenvalue weighted by Crippen LogP contribution is 2.00. The molecule has 0 aliphatic carbocycles. The molecule has 2 N–H and O–H groups in total. The Kier molecular flexibility index (Phi) is 9.18. The maximum atomic E-state index is 11.4. The van der Waals surface area contributed by atoms with Crippen molar-refractivity contribution in [2.24, 2.45) is 5.73 Å². The van der Waals surface area contributed by atoms with Crippen LogP contribution in [-0.2, 0) is 16.1 Å². The number of aromatic nitrogens is 1. The molecule has 0 amide bonds. The molecule has 0 spiro atoms. The molecule has 0 aliphatic heterocycles. The van der Waals surface area contributed by atoms with Crippen LogP contribution in [0.5, 0.6) is 0 Å². The molecule has 0 aliphatic rings. The van der Waals surface area contributed by atoms with Gasteiger partial charge in [-0.15, -0.1) is 12.4 Å². The molecule has 6 heteroatoms. The molecule has 102 valence electrons. The summed E-state index contributed by atoms with van der Waals surface area (Å²) in [6.07, 6.45) is 1.74. The number of hydrogen-bond donors (Lipinski definition) is 1. The zero-order chi connectivity index (χ0) is 12.5.